The third kappa shape index (κ3) is 1.34. The first kappa shape index (κ1) is 8.35. The molecule has 1 nitrogen and oxygen atoms in total. The van der Waals surface area contributed by atoms with Crippen molar-refractivity contribution in [3.05, 3.63) is 35.1 Å². The number of hydrogen-bond donors (Lipinski definition) is 0. The van der Waals surface area contributed by atoms with Gasteiger partial charge in [-0.15, -0.1) is 0 Å². The molecule has 0 saturated heterocycles. The van der Waals surface area contributed by atoms with Crippen LogP contribution in [0.2, 0.25) is 0 Å². The minimum atomic E-state index is -1.45. The van der Waals surface area contributed by atoms with E-state index in [0.717, 1.165) is 11.6 Å². The molecule has 0 heterocycles. The molecule has 0 aromatic heterocycles. The molecule has 1 aliphatic carbocycles. The first-order valence-corrected chi connectivity index (χ1v) is 4.15. The summed E-state index contributed by atoms with van der Waals surface area (Å²) in [5, 5.41) is 0. The minimum Gasteiger partial charge on any atom is -0.291 e. The minimum absolute atomic E-state index is 0.207. The van der Waals surface area contributed by atoms with Gasteiger partial charge in [-0.25, -0.2) is 8.78 Å². The van der Waals surface area contributed by atoms with Gasteiger partial charge in [0.2, 0.25) is 0 Å². The Morgan fingerprint density at radius 3 is 2.92 bits per heavy atom. The van der Waals surface area contributed by atoms with E-state index in [2.05, 4.69) is 0 Å². The molecule has 1 aromatic carbocycles. The standard InChI is InChI=1S/C10H8F2O/c11-7-3-1-6-2-4-9(12)10(13)8(6)5-7/h1,3,5,9H,2,4H2/t9-/m1/s1. The fourth-order valence-corrected chi connectivity index (χ4v) is 1.58. The van der Waals surface area contributed by atoms with E-state index in [1.54, 1.807) is 6.07 Å². The lowest BCUT2D eigenvalue weighted by atomic mass is 9.89. The zero-order valence-electron chi connectivity index (χ0n) is 6.89. The zero-order chi connectivity index (χ0) is 9.42. The van der Waals surface area contributed by atoms with E-state index >= 15 is 0 Å². The lowest BCUT2D eigenvalue weighted by Crippen LogP contribution is -2.23. The number of ketones is 1. The number of alkyl halides is 1. The Bertz CT molecular complexity index is 360. The fourth-order valence-electron chi connectivity index (χ4n) is 1.58. The molecule has 3 heteroatoms. The van der Waals surface area contributed by atoms with Crippen LogP contribution in [0.15, 0.2) is 18.2 Å². The average Bonchev–Trinajstić information content (AvgIpc) is 2.12. The van der Waals surface area contributed by atoms with Crippen molar-refractivity contribution in [1.29, 1.82) is 0 Å². The van der Waals surface area contributed by atoms with Gasteiger partial charge >= 0.3 is 0 Å². The van der Waals surface area contributed by atoms with E-state index in [9.17, 15) is 13.6 Å². The largest absolute Gasteiger partial charge is 0.291 e. The van der Waals surface area contributed by atoms with Crippen LogP contribution in [0.25, 0.3) is 0 Å². The third-order valence-corrected chi connectivity index (χ3v) is 2.29. The summed E-state index contributed by atoms with van der Waals surface area (Å²) in [7, 11) is 0. The van der Waals surface area contributed by atoms with E-state index in [1.807, 2.05) is 0 Å². The SMILES string of the molecule is O=C1c2cc(F)ccc2CC[C@H]1F. The first-order chi connectivity index (χ1) is 6.18. The number of aryl methyl sites for hydroxylation is 1. The van der Waals surface area contributed by atoms with Gasteiger partial charge in [-0.3, -0.25) is 4.79 Å². The van der Waals surface area contributed by atoms with Crippen LogP contribution in [0.4, 0.5) is 8.78 Å². The van der Waals surface area contributed by atoms with E-state index in [1.165, 1.54) is 6.07 Å². The lowest BCUT2D eigenvalue weighted by molar-refractivity contribution is 0.0855. The maximum absolute atomic E-state index is 12.9. The van der Waals surface area contributed by atoms with Gasteiger partial charge in [-0.05, 0) is 30.5 Å². The second kappa shape index (κ2) is 2.91. The van der Waals surface area contributed by atoms with Gasteiger partial charge in [-0.2, -0.15) is 0 Å². The van der Waals surface area contributed by atoms with Gasteiger partial charge in [0.05, 0.1) is 0 Å². The van der Waals surface area contributed by atoms with Crippen LogP contribution < -0.4 is 0 Å². The van der Waals surface area contributed by atoms with Crippen molar-refractivity contribution < 1.29 is 13.6 Å². The van der Waals surface area contributed by atoms with E-state index in [-0.39, 0.29) is 12.0 Å². The van der Waals surface area contributed by atoms with Crippen LogP contribution in [0.1, 0.15) is 22.3 Å². The molecular formula is C10H8F2O. The topological polar surface area (TPSA) is 17.1 Å². The van der Waals surface area contributed by atoms with E-state index < -0.39 is 17.8 Å². The lowest BCUT2D eigenvalue weighted by Gasteiger charge is -2.17. The highest BCUT2D eigenvalue weighted by atomic mass is 19.1. The predicted octanol–water partition coefficient (Wildman–Crippen LogP) is 2.29. The Kier molecular flexibility index (Phi) is 1.87. The molecule has 0 saturated carbocycles. The summed E-state index contributed by atoms with van der Waals surface area (Å²) in [4.78, 5) is 11.2. The highest BCUT2D eigenvalue weighted by Gasteiger charge is 2.26. The van der Waals surface area contributed by atoms with Gasteiger partial charge in [0, 0.05) is 5.56 Å². The summed E-state index contributed by atoms with van der Waals surface area (Å²) < 4.78 is 25.6. The molecule has 1 atom stereocenters. The van der Waals surface area contributed by atoms with Crippen LogP contribution in [-0.2, 0) is 6.42 Å². The van der Waals surface area contributed by atoms with Gasteiger partial charge in [0.15, 0.2) is 12.0 Å². The average molecular weight is 182 g/mol. The molecule has 0 fully saturated rings. The zero-order valence-corrected chi connectivity index (χ0v) is 6.89. The monoisotopic (exact) mass is 182 g/mol. The maximum atomic E-state index is 12.9. The summed E-state index contributed by atoms with van der Waals surface area (Å²) in [6.07, 6.45) is -0.714. The Labute approximate surface area is 74.4 Å². The highest BCUT2D eigenvalue weighted by Crippen LogP contribution is 2.23. The summed E-state index contributed by atoms with van der Waals surface area (Å²) in [5.41, 5.74) is 0.957. The third-order valence-electron chi connectivity index (χ3n) is 2.29. The maximum Gasteiger partial charge on any atom is 0.197 e. The summed E-state index contributed by atoms with van der Waals surface area (Å²) in [6.45, 7) is 0. The molecule has 0 unspecified atom stereocenters. The van der Waals surface area contributed by atoms with Gasteiger partial charge in [0.25, 0.3) is 0 Å². The van der Waals surface area contributed by atoms with E-state index in [0.29, 0.717) is 6.42 Å². The second-order valence-corrected chi connectivity index (χ2v) is 3.17. The summed E-state index contributed by atoms with van der Waals surface area (Å²) in [6, 6.07) is 3.96. The number of carbonyl (C=O) groups excluding carboxylic acids is 1. The number of Topliss-reactive ketones (excluding diaryl/α,β-unsaturated/α-hetero) is 1. The quantitative estimate of drug-likeness (QED) is 0.601. The van der Waals surface area contributed by atoms with Crippen molar-refractivity contribution in [2.75, 3.05) is 0 Å². The van der Waals surface area contributed by atoms with Gasteiger partial charge in [-0.1, -0.05) is 6.07 Å². The molecule has 1 aliphatic rings. The molecule has 0 radical (unpaired) electrons. The molecule has 0 bridgehead atoms. The van der Waals surface area contributed by atoms with Crippen molar-refractivity contribution in [1.82, 2.24) is 0 Å². The highest BCUT2D eigenvalue weighted by molar-refractivity contribution is 6.01. The van der Waals surface area contributed by atoms with Crippen molar-refractivity contribution in [3.63, 3.8) is 0 Å². The smallest absolute Gasteiger partial charge is 0.197 e. The molecule has 0 aliphatic heterocycles. The molecule has 2 rings (SSSR count). The Morgan fingerprint density at radius 1 is 1.38 bits per heavy atom. The van der Waals surface area contributed by atoms with Crippen molar-refractivity contribution in [3.8, 4) is 0 Å². The number of benzene rings is 1. The number of halogens is 2. The van der Waals surface area contributed by atoms with Crippen LogP contribution in [0.5, 0.6) is 0 Å². The molecule has 0 spiro atoms. The molecule has 13 heavy (non-hydrogen) atoms. The van der Waals surface area contributed by atoms with Gasteiger partial charge < -0.3 is 0 Å². The summed E-state index contributed by atoms with van der Waals surface area (Å²) >= 11 is 0. The summed E-state index contributed by atoms with van der Waals surface area (Å²) in [5.74, 6) is -1.07. The normalized spacial score (nSPS) is 21.4. The fraction of sp³-hybridized carbons (Fsp3) is 0.300. The van der Waals surface area contributed by atoms with Gasteiger partial charge in [0.1, 0.15) is 5.82 Å². The number of fused-ring (bicyclic) bond motifs is 1. The van der Waals surface area contributed by atoms with Crippen LogP contribution >= 0.6 is 0 Å². The van der Waals surface area contributed by atoms with Crippen LogP contribution in [0, 0.1) is 5.82 Å². The first-order valence-electron chi connectivity index (χ1n) is 4.15. The molecule has 0 N–H and O–H groups in total. The van der Waals surface area contributed by atoms with Crippen LogP contribution in [-0.4, -0.2) is 12.0 Å². The predicted molar refractivity (Wildman–Crippen MR) is 43.9 cm³/mol. The number of hydrogen-bond acceptors (Lipinski definition) is 1. The molecular weight excluding hydrogens is 174 g/mol. The second-order valence-electron chi connectivity index (χ2n) is 3.17. The number of rotatable bonds is 0. The van der Waals surface area contributed by atoms with Crippen molar-refractivity contribution in [2.24, 2.45) is 0 Å². The Balaban J connectivity index is 2.51. The van der Waals surface area contributed by atoms with Crippen molar-refractivity contribution in [2.45, 2.75) is 19.0 Å². The molecule has 1 aromatic rings. The van der Waals surface area contributed by atoms with Crippen LogP contribution in [0.3, 0.4) is 0 Å². The Morgan fingerprint density at radius 2 is 2.15 bits per heavy atom. The molecule has 0 amide bonds. The van der Waals surface area contributed by atoms with Crippen molar-refractivity contribution >= 4 is 5.78 Å². The number of carbonyl (C=O) groups is 1. The molecule has 68 valence electrons. The van der Waals surface area contributed by atoms with E-state index in [4.69, 9.17) is 0 Å². The Hall–Kier alpha value is -1.25.